The van der Waals surface area contributed by atoms with Crippen molar-refractivity contribution >= 4 is 12.0 Å². The lowest BCUT2D eigenvalue weighted by molar-refractivity contribution is -0.122. The largest absolute Gasteiger partial charge is 0.443 e. The van der Waals surface area contributed by atoms with E-state index < -0.39 is 17.6 Å². The fourth-order valence-electron chi connectivity index (χ4n) is 1.84. The molecule has 4 N–H and O–H groups in total. The van der Waals surface area contributed by atoms with Crippen LogP contribution in [0.4, 0.5) is 4.79 Å². The minimum atomic E-state index is -0.838. The van der Waals surface area contributed by atoms with Crippen molar-refractivity contribution in [2.24, 2.45) is 23.3 Å². The second kappa shape index (κ2) is 5.00. The van der Waals surface area contributed by atoms with Gasteiger partial charge in [0.15, 0.2) is 0 Å². The maximum absolute atomic E-state index is 10.9. The minimum Gasteiger partial charge on any atom is -0.443 e. The monoisotopic (exact) mass is 216 g/mol. The van der Waals surface area contributed by atoms with Gasteiger partial charge in [-0.1, -0.05) is 13.8 Å². The second-order valence-corrected chi connectivity index (χ2v) is 4.55. The third-order valence-electron chi connectivity index (χ3n) is 2.48. The molecule has 0 heterocycles. The van der Waals surface area contributed by atoms with Crippen molar-refractivity contribution in [1.29, 1.82) is 0 Å². The van der Waals surface area contributed by atoms with E-state index in [1.54, 1.807) is 13.8 Å². The van der Waals surface area contributed by atoms with Gasteiger partial charge < -0.3 is 16.2 Å². The molecule has 0 saturated heterocycles. The van der Waals surface area contributed by atoms with E-state index in [4.69, 9.17) is 16.2 Å². The highest BCUT2D eigenvalue weighted by molar-refractivity contribution is 5.74. The Hall–Kier alpha value is -1.26. The highest BCUT2D eigenvalue weighted by Gasteiger charge is 2.35. The lowest BCUT2D eigenvalue weighted by Gasteiger charge is -2.35. The zero-order valence-corrected chi connectivity index (χ0v) is 9.74. The van der Waals surface area contributed by atoms with Gasteiger partial charge in [0.1, 0.15) is 5.60 Å². The van der Waals surface area contributed by atoms with Gasteiger partial charge in [0, 0.05) is 12.3 Å². The number of hydrogen-bond donors (Lipinski definition) is 2. The summed E-state index contributed by atoms with van der Waals surface area (Å²) in [7, 11) is 0. The van der Waals surface area contributed by atoms with Crippen LogP contribution in [0.1, 0.15) is 34.1 Å². The molecule has 0 radical (unpaired) electrons. The molecule has 15 heavy (non-hydrogen) atoms. The number of ether oxygens (including phenoxy) is 1. The molecule has 0 bridgehead atoms. The summed E-state index contributed by atoms with van der Waals surface area (Å²) in [6, 6.07) is 0. The molecule has 0 fully saturated rings. The average Bonchev–Trinajstić information content (AvgIpc) is 1.96. The summed E-state index contributed by atoms with van der Waals surface area (Å²) in [6.07, 6.45) is -0.659. The van der Waals surface area contributed by atoms with Gasteiger partial charge in [0.2, 0.25) is 5.91 Å². The van der Waals surface area contributed by atoms with Crippen molar-refractivity contribution < 1.29 is 14.3 Å². The molecule has 0 aromatic rings. The van der Waals surface area contributed by atoms with E-state index in [1.165, 1.54) is 0 Å². The van der Waals surface area contributed by atoms with Crippen LogP contribution >= 0.6 is 0 Å². The van der Waals surface area contributed by atoms with Crippen molar-refractivity contribution in [3.05, 3.63) is 0 Å². The van der Waals surface area contributed by atoms with Crippen LogP contribution in [0.25, 0.3) is 0 Å². The number of hydrogen-bond acceptors (Lipinski definition) is 3. The van der Waals surface area contributed by atoms with Crippen LogP contribution < -0.4 is 11.5 Å². The third-order valence-corrected chi connectivity index (χ3v) is 2.48. The normalized spacial score (nSPS) is 13.7. The Labute approximate surface area is 90.1 Å². The molecule has 0 aliphatic carbocycles. The Kier molecular flexibility index (Phi) is 4.58. The summed E-state index contributed by atoms with van der Waals surface area (Å²) in [4.78, 5) is 21.6. The lowest BCUT2D eigenvalue weighted by Crippen LogP contribution is -2.42. The molecule has 0 rings (SSSR count). The van der Waals surface area contributed by atoms with Crippen molar-refractivity contribution in [1.82, 2.24) is 0 Å². The van der Waals surface area contributed by atoms with Crippen molar-refractivity contribution in [2.75, 3.05) is 0 Å². The van der Waals surface area contributed by atoms with Crippen LogP contribution in [0.15, 0.2) is 0 Å². The quantitative estimate of drug-likeness (QED) is 0.717. The Morgan fingerprint density at radius 1 is 1.27 bits per heavy atom. The van der Waals surface area contributed by atoms with E-state index in [2.05, 4.69) is 0 Å². The van der Waals surface area contributed by atoms with E-state index in [0.717, 1.165) is 0 Å². The van der Waals surface area contributed by atoms with Gasteiger partial charge in [-0.05, 0) is 19.8 Å². The van der Waals surface area contributed by atoms with Gasteiger partial charge >= 0.3 is 6.09 Å². The first-order valence-corrected chi connectivity index (χ1v) is 4.93. The number of amides is 2. The second-order valence-electron chi connectivity index (χ2n) is 4.55. The molecule has 0 aliphatic rings. The van der Waals surface area contributed by atoms with E-state index in [-0.39, 0.29) is 18.3 Å². The SMILES string of the molecule is CC(C)C(CC(N)=O)C(C)(C)OC(N)=O. The summed E-state index contributed by atoms with van der Waals surface area (Å²) in [5.74, 6) is -0.371. The molecule has 88 valence electrons. The van der Waals surface area contributed by atoms with E-state index in [0.29, 0.717) is 0 Å². The highest BCUT2D eigenvalue weighted by atomic mass is 16.6. The Balaban J connectivity index is 4.72. The zero-order chi connectivity index (χ0) is 12.2. The van der Waals surface area contributed by atoms with Crippen molar-refractivity contribution in [2.45, 2.75) is 39.7 Å². The van der Waals surface area contributed by atoms with Crippen LogP contribution in [0.3, 0.4) is 0 Å². The van der Waals surface area contributed by atoms with Crippen molar-refractivity contribution in [3.8, 4) is 0 Å². The lowest BCUT2D eigenvalue weighted by atomic mass is 9.79. The van der Waals surface area contributed by atoms with E-state index in [9.17, 15) is 9.59 Å². The van der Waals surface area contributed by atoms with Crippen LogP contribution in [0, 0.1) is 11.8 Å². The van der Waals surface area contributed by atoms with E-state index >= 15 is 0 Å². The van der Waals surface area contributed by atoms with Crippen molar-refractivity contribution in [3.63, 3.8) is 0 Å². The number of primary amides is 2. The summed E-state index contributed by atoms with van der Waals surface area (Å²) < 4.78 is 4.99. The predicted molar refractivity (Wildman–Crippen MR) is 56.9 cm³/mol. The molecule has 0 aliphatic heterocycles. The average molecular weight is 216 g/mol. The molecule has 0 saturated carbocycles. The molecular formula is C10H20N2O3. The molecule has 0 aromatic carbocycles. The molecule has 1 unspecified atom stereocenters. The topological polar surface area (TPSA) is 95.4 Å². The Morgan fingerprint density at radius 3 is 2.00 bits per heavy atom. The van der Waals surface area contributed by atoms with Gasteiger partial charge in [-0.3, -0.25) is 4.79 Å². The van der Waals surface area contributed by atoms with Gasteiger partial charge in [0.05, 0.1) is 0 Å². The first kappa shape index (κ1) is 13.7. The van der Waals surface area contributed by atoms with Crippen LogP contribution in [-0.2, 0) is 9.53 Å². The summed E-state index contributed by atoms with van der Waals surface area (Å²) in [5, 5.41) is 0. The molecule has 5 nitrogen and oxygen atoms in total. The van der Waals surface area contributed by atoms with Gasteiger partial charge in [-0.15, -0.1) is 0 Å². The van der Waals surface area contributed by atoms with Gasteiger partial charge in [-0.2, -0.15) is 0 Å². The molecule has 0 aromatic heterocycles. The first-order valence-electron chi connectivity index (χ1n) is 4.93. The first-order chi connectivity index (χ1) is 6.66. The van der Waals surface area contributed by atoms with E-state index in [1.807, 2.05) is 13.8 Å². The standard InChI is InChI=1S/C10H20N2O3/c1-6(2)7(5-8(11)13)10(3,4)15-9(12)14/h6-7H,5H2,1-4H3,(H2,11,13)(H2,12,14). The fourth-order valence-corrected chi connectivity index (χ4v) is 1.84. The Morgan fingerprint density at radius 2 is 1.73 bits per heavy atom. The third kappa shape index (κ3) is 4.67. The van der Waals surface area contributed by atoms with Crippen LogP contribution in [0.2, 0.25) is 0 Å². The highest BCUT2D eigenvalue weighted by Crippen LogP contribution is 2.30. The maximum atomic E-state index is 10.9. The smallest absolute Gasteiger partial charge is 0.405 e. The molecular weight excluding hydrogens is 196 g/mol. The zero-order valence-electron chi connectivity index (χ0n) is 9.74. The molecule has 5 heteroatoms. The summed E-state index contributed by atoms with van der Waals surface area (Å²) in [6.45, 7) is 7.34. The van der Waals surface area contributed by atoms with Gasteiger partial charge in [-0.25, -0.2) is 4.79 Å². The number of carbonyl (C=O) groups excluding carboxylic acids is 2. The van der Waals surface area contributed by atoms with Gasteiger partial charge in [0.25, 0.3) is 0 Å². The molecule has 0 spiro atoms. The number of rotatable bonds is 5. The van der Waals surface area contributed by atoms with Crippen LogP contribution in [0.5, 0.6) is 0 Å². The number of carbonyl (C=O) groups is 2. The number of nitrogens with two attached hydrogens (primary N) is 2. The Bertz CT molecular complexity index is 249. The minimum absolute atomic E-state index is 0.137. The summed E-state index contributed by atoms with van der Waals surface area (Å²) in [5.41, 5.74) is 9.34. The predicted octanol–water partition coefficient (Wildman–Crippen LogP) is 1.01. The molecule has 2 amide bonds. The fraction of sp³-hybridized carbons (Fsp3) is 0.800. The molecule has 1 atom stereocenters. The van der Waals surface area contributed by atoms with Crippen LogP contribution in [-0.4, -0.2) is 17.6 Å². The maximum Gasteiger partial charge on any atom is 0.405 e. The summed E-state index contributed by atoms with van der Waals surface area (Å²) >= 11 is 0.